The number of hydrogen-bond acceptors (Lipinski definition) is 2. The van der Waals surface area contributed by atoms with Gasteiger partial charge in [-0.2, -0.15) is 4.99 Å². The maximum absolute atomic E-state index is 14.0. The molecule has 0 radical (unpaired) electrons. The first-order valence-corrected chi connectivity index (χ1v) is 7.55. The van der Waals surface area contributed by atoms with E-state index in [1.807, 2.05) is 0 Å². The molecule has 0 aliphatic rings. The lowest BCUT2D eigenvalue weighted by atomic mass is 10.0. The molecule has 0 atom stereocenters. The van der Waals surface area contributed by atoms with E-state index < -0.39 is 23.4 Å². The molecule has 0 saturated carbocycles. The SMILES string of the molecule is NC(N)=NC(=O)c1ccc2scc(-c3c(F)cc(F)cc3F)c2c1. The molecule has 3 aromatic rings. The van der Waals surface area contributed by atoms with Gasteiger partial charge in [0, 0.05) is 38.7 Å². The first-order valence-electron chi connectivity index (χ1n) is 6.67. The van der Waals surface area contributed by atoms with E-state index in [2.05, 4.69) is 4.99 Å². The number of carbonyl (C=O) groups excluding carboxylic acids is 1. The van der Waals surface area contributed by atoms with Crippen LogP contribution in [0.5, 0.6) is 0 Å². The summed E-state index contributed by atoms with van der Waals surface area (Å²) in [4.78, 5) is 15.3. The normalized spacial score (nSPS) is 10.8. The summed E-state index contributed by atoms with van der Waals surface area (Å²) in [6.07, 6.45) is 0. The predicted molar refractivity (Wildman–Crippen MR) is 87.3 cm³/mol. The van der Waals surface area contributed by atoms with Crippen molar-refractivity contribution in [3.05, 3.63) is 58.7 Å². The lowest BCUT2D eigenvalue weighted by Crippen LogP contribution is -2.24. The van der Waals surface area contributed by atoms with Crippen LogP contribution in [0.1, 0.15) is 10.4 Å². The number of guanidine groups is 1. The van der Waals surface area contributed by atoms with Crippen LogP contribution in [0.25, 0.3) is 21.2 Å². The molecule has 24 heavy (non-hydrogen) atoms. The lowest BCUT2D eigenvalue weighted by molar-refractivity contribution is 0.100. The molecule has 2 aromatic carbocycles. The highest BCUT2D eigenvalue weighted by Crippen LogP contribution is 2.37. The monoisotopic (exact) mass is 349 g/mol. The molecule has 0 unspecified atom stereocenters. The van der Waals surface area contributed by atoms with E-state index in [4.69, 9.17) is 11.5 Å². The second-order valence-electron chi connectivity index (χ2n) is 4.95. The van der Waals surface area contributed by atoms with Crippen molar-refractivity contribution in [3.8, 4) is 11.1 Å². The number of amides is 1. The number of fused-ring (bicyclic) bond motifs is 1. The first kappa shape index (κ1) is 16.0. The zero-order valence-corrected chi connectivity index (χ0v) is 12.8. The highest BCUT2D eigenvalue weighted by atomic mass is 32.1. The number of aliphatic imine (C=N–C) groups is 1. The average Bonchev–Trinajstić information content (AvgIpc) is 2.88. The van der Waals surface area contributed by atoms with Gasteiger partial charge in [0.15, 0.2) is 5.96 Å². The Morgan fingerprint density at radius 1 is 1.04 bits per heavy atom. The summed E-state index contributed by atoms with van der Waals surface area (Å²) in [5.41, 5.74) is 10.4. The molecular weight excluding hydrogens is 339 g/mol. The van der Waals surface area contributed by atoms with Gasteiger partial charge in [-0.1, -0.05) is 0 Å². The van der Waals surface area contributed by atoms with Gasteiger partial charge in [-0.15, -0.1) is 11.3 Å². The van der Waals surface area contributed by atoms with Gasteiger partial charge in [0.2, 0.25) is 0 Å². The van der Waals surface area contributed by atoms with Crippen molar-refractivity contribution in [2.75, 3.05) is 0 Å². The average molecular weight is 349 g/mol. The summed E-state index contributed by atoms with van der Waals surface area (Å²) in [5, 5.41) is 1.99. The summed E-state index contributed by atoms with van der Waals surface area (Å²) in [7, 11) is 0. The standard InChI is InChI=1S/C16H10F3N3OS/c17-8-4-11(18)14(12(19)5-8)10-6-24-13-2-1-7(3-9(10)13)15(23)22-16(20)21/h1-6H,(H4,20,21,22,23). The van der Waals surface area contributed by atoms with Crippen molar-refractivity contribution in [1.82, 2.24) is 0 Å². The molecule has 0 aliphatic heterocycles. The van der Waals surface area contributed by atoms with Crippen LogP contribution in [0, 0.1) is 17.5 Å². The Kier molecular flexibility index (Phi) is 3.98. The van der Waals surface area contributed by atoms with Gasteiger partial charge in [-0.3, -0.25) is 4.79 Å². The quantitative estimate of drug-likeness (QED) is 0.549. The molecule has 3 rings (SSSR count). The van der Waals surface area contributed by atoms with Crippen molar-refractivity contribution >= 4 is 33.3 Å². The maximum Gasteiger partial charge on any atom is 0.280 e. The number of carbonyl (C=O) groups is 1. The van der Waals surface area contributed by atoms with E-state index >= 15 is 0 Å². The molecule has 1 amide bonds. The Labute approximate surface area is 138 Å². The van der Waals surface area contributed by atoms with E-state index in [1.54, 1.807) is 11.4 Å². The third-order valence-corrected chi connectivity index (χ3v) is 4.29. The molecule has 0 spiro atoms. The van der Waals surface area contributed by atoms with Crippen LogP contribution in [0.3, 0.4) is 0 Å². The summed E-state index contributed by atoms with van der Waals surface area (Å²) in [5.74, 6) is -4.10. The number of halogens is 3. The Hall–Kier alpha value is -2.87. The van der Waals surface area contributed by atoms with Gasteiger partial charge >= 0.3 is 0 Å². The summed E-state index contributed by atoms with van der Waals surface area (Å²) >= 11 is 1.24. The fourth-order valence-corrected chi connectivity index (χ4v) is 3.27. The van der Waals surface area contributed by atoms with E-state index in [0.29, 0.717) is 22.2 Å². The second kappa shape index (κ2) is 5.97. The van der Waals surface area contributed by atoms with E-state index in [9.17, 15) is 18.0 Å². The number of hydrogen-bond donors (Lipinski definition) is 2. The van der Waals surface area contributed by atoms with Crippen LogP contribution in [-0.4, -0.2) is 11.9 Å². The zero-order chi connectivity index (χ0) is 17.4. The summed E-state index contributed by atoms with van der Waals surface area (Å²) in [6, 6.07) is 5.79. The fraction of sp³-hybridized carbons (Fsp3) is 0. The van der Waals surface area contributed by atoms with E-state index in [-0.39, 0.29) is 22.6 Å². The van der Waals surface area contributed by atoms with Crippen molar-refractivity contribution < 1.29 is 18.0 Å². The van der Waals surface area contributed by atoms with Crippen LogP contribution in [0.4, 0.5) is 13.2 Å². The number of nitrogens with two attached hydrogens (primary N) is 2. The molecule has 8 heteroatoms. The van der Waals surface area contributed by atoms with Crippen molar-refractivity contribution in [2.24, 2.45) is 16.5 Å². The molecule has 4 nitrogen and oxygen atoms in total. The van der Waals surface area contributed by atoms with Gasteiger partial charge < -0.3 is 11.5 Å². The van der Waals surface area contributed by atoms with Crippen LogP contribution < -0.4 is 11.5 Å². The third-order valence-electron chi connectivity index (χ3n) is 3.33. The molecule has 122 valence electrons. The van der Waals surface area contributed by atoms with Crippen molar-refractivity contribution in [1.29, 1.82) is 0 Å². The second-order valence-corrected chi connectivity index (χ2v) is 5.86. The van der Waals surface area contributed by atoms with Crippen molar-refractivity contribution in [2.45, 2.75) is 0 Å². The maximum atomic E-state index is 14.0. The third kappa shape index (κ3) is 2.83. The van der Waals surface area contributed by atoms with Gasteiger partial charge in [-0.25, -0.2) is 13.2 Å². The molecule has 1 heterocycles. The first-order chi connectivity index (χ1) is 11.4. The van der Waals surface area contributed by atoms with Gasteiger partial charge in [0.1, 0.15) is 17.5 Å². The fourth-order valence-electron chi connectivity index (χ4n) is 2.34. The van der Waals surface area contributed by atoms with Gasteiger partial charge in [0.25, 0.3) is 5.91 Å². The van der Waals surface area contributed by atoms with E-state index in [0.717, 1.165) is 0 Å². The predicted octanol–water partition coefficient (Wildman–Crippen LogP) is 3.40. The number of nitrogens with zero attached hydrogens (tertiary/aromatic N) is 1. The lowest BCUT2D eigenvalue weighted by Gasteiger charge is -2.05. The Morgan fingerprint density at radius 2 is 1.71 bits per heavy atom. The highest BCUT2D eigenvalue weighted by Gasteiger charge is 2.18. The van der Waals surface area contributed by atoms with Gasteiger partial charge in [-0.05, 0) is 18.2 Å². The molecule has 0 fully saturated rings. The smallest absolute Gasteiger partial charge is 0.280 e. The number of benzene rings is 2. The largest absolute Gasteiger partial charge is 0.370 e. The number of rotatable bonds is 2. The molecule has 0 bridgehead atoms. The molecule has 0 aliphatic carbocycles. The van der Waals surface area contributed by atoms with Crippen LogP contribution in [-0.2, 0) is 0 Å². The molecule has 4 N–H and O–H groups in total. The minimum atomic E-state index is -1.02. The van der Waals surface area contributed by atoms with E-state index in [1.165, 1.54) is 23.5 Å². The highest BCUT2D eigenvalue weighted by molar-refractivity contribution is 7.17. The van der Waals surface area contributed by atoms with Crippen LogP contribution >= 0.6 is 11.3 Å². The minimum Gasteiger partial charge on any atom is -0.370 e. The Bertz CT molecular complexity index is 970. The number of thiophene rings is 1. The van der Waals surface area contributed by atoms with Crippen LogP contribution in [0.2, 0.25) is 0 Å². The molecule has 1 aromatic heterocycles. The minimum absolute atomic E-state index is 0.165. The summed E-state index contributed by atoms with van der Waals surface area (Å²) < 4.78 is 41.9. The zero-order valence-electron chi connectivity index (χ0n) is 12.0. The Morgan fingerprint density at radius 3 is 2.33 bits per heavy atom. The van der Waals surface area contributed by atoms with Crippen molar-refractivity contribution in [3.63, 3.8) is 0 Å². The molecular formula is C16H10F3N3OS. The topological polar surface area (TPSA) is 81.5 Å². The van der Waals surface area contributed by atoms with Gasteiger partial charge in [0.05, 0.1) is 5.56 Å². The Balaban J connectivity index is 2.21. The molecule has 0 saturated heterocycles. The van der Waals surface area contributed by atoms with Crippen LogP contribution in [0.15, 0.2) is 40.7 Å². The summed E-state index contributed by atoms with van der Waals surface area (Å²) in [6.45, 7) is 0.